The largest absolute Gasteiger partial charge is 0.325 e. The van der Waals surface area contributed by atoms with Crippen LogP contribution >= 0.6 is 11.6 Å². The average molecular weight is 332 g/mol. The van der Waals surface area contributed by atoms with Gasteiger partial charge in [-0.05, 0) is 25.1 Å². The van der Waals surface area contributed by atoms with Gasteiger partial charge in [0.2, 0.25) is 5.91 Å². The Labute approximate surface area is 142 Å². The van der Waals surface area contributed by atoms with Crippen LogP contribution < -0.4 is 5.32 Å². The molecule has 1 rings (SSSR count). The molecule has 0 saturated carbocycles. The molecule has 122 valence electrons. The number of amides is 1. The summed E-state index contributed by atoms with van der Waals surface area (Å²) < 4.78 is 0. The van der Waals surface area contributed by atoms with Crippen molar-refractivity contribution in [3.63, 3.8) is 0 Å². The SMILES string of the molecule is C=C/C=C(\C=C/C)C(=O)c1cc(Cl)ccc1NC(=O)C(C)(C)C. The molecule has 0 atom stereocenters. The third-order valence-electron chi connectivity index (χ3n) is 3.06. The van der Waals surface area contributed by atoms with Gasteiger partial charge in [0.25, 0.3) is 0 Å². The van der Waals surface area contributed by atoms with E-state index in [0.717, 1.165) is 0 Å². The van der Waals surface area contributed by atoms with Gasteiger partial charge in [0.1, 0.15) is 0 Å². The van der Waals surface area contributed by atoms with E-state index in [0.29, 0.717) is 21.8 Å². The summed E-state index contributed by atoms with van der Waals surface area (Å²) in [6.45, 7) is 10.9. The molecular weight excluding hydrogens is 310 g/mol. The maximum absolute atomic E-state index is 12.8. The van der Waals surface area contributed by atoms with Crippen LogP contribution in [0.1, 0.15) is 38.1 Å². The second kappa shape index (κ2) is 7.93. The number of carbonyl (C=O) groups is 2. The zero-order valence-electron chi connectivity index (χ0n) is 13.9. The Morgan fingerprint density at radius 3 is 2.43 bits per heavy atom. The third kappa shape index (κ3) is 5.22. The number of benzene rings is 1. The number of allylic oxidation sites excluding steroid dienone is 5. The van der Waals surface area contributed by atoms with Gasteiger partial charge in [-0.25, -0.2) is 0 Å². The second-order valence-electron chi connectivity index (χ2n) is 6.08. The molecule has 0 fully saturated rings. The number of hydrogen-bond acceptors (Lipinski definition) is 2. The molecule has 0 radical (unpaired) electrons. The monoisotopic (exact) mass is 331 g/mol. The lowest BCUT2D eigenvalue weighted by atomic mass is 9.94. The summed E-state index contributed by atoms with van der Waals surface area (Å²) in [6, 6.07) is 4.84. The molecule has 3 nitrogen and oxygen atoms in total. The van der Waals surface area contributed by atoms with Gasteiger partial charge in [0, 0.05) is 21.6 Å². The summed E-state index contributed by atoms with van der Waals surface area (Å²) in [5.41, 5.74) is 0.694. The van der Waals surface area contributed by atoms with E-state index in [1.165, 1.54) is 0 Å². The fourth-order valence-corrected chi connectivity index (χ4v) is 1.96. The predicted octanol–water partition coefficient (Wildman–Crippen LogP) is 5.20. The van der Waals surface area contributed by atoms with E-state index in [-0.39, 0.29) is 11.7 Å². The minimum absolute atomic E-state index is 0.172. The quantitative estimate of drug-likeness (QED) is 0.458. The van der Waals surface area contributed by atoms with E-state index in [2.05, 4.69) is 11.9 Å². The average Bonchev–Trinajstić information content (AvgIpc) is 2.47. The standard InChI is InChI=1S/C19H22ClNO2/c1-6-8-13(9-7-2)17(22)15-12-14(20)10-11-16(15)21-18(23)19(3,4)5/h6-12H,1H2,2-5H3,(H,21,23)/b9-7-,13-8+. The van der Waals surface area contributed by atoms with E-state index in [1.807, 2.05) is 27.7 Å². The van der Waals surface area contributed by atoms with E-state index in [4.69, 9.17) is 11.6 Å². The Balaban J connectivity index is 3.32. The molecule has 0 spiro atoms. The molecule has 0 aliphatic rings. The lowest BCUT2D eigenvalue weighted by molar-refractivity contribution is -0.123. The van der Waals surface area contributed by atoms with Gasteiger partial charge in [0.05, 0.1) is 5.69 Å². The summed E-state index contributed by atoms with van der Waals surface area (Å²) in [5.74, 6) is -0.399. The van der Waals surface area contributed by atoms with Crippen LogP contribution in [0, 0.1) is 5.41 Å². The summed E-state index contributed by atoms with van der Waals surface area (Å²) in [4.78, 5) is 25.0. The molecular formula is C19H22ClNO2. The number of ketones is 1. The molecule has 1 aromatic rings. The summed E-state index contributed by atoms with van der Waals surface area (Å²) in [6.07, 6.45) is 6.63. The van der Waals surface area contributed by atoms with Crippen LogP contribution in [0.25, 0.3) is 0 Å². The van der Waals surface area contributed by atoms with Gasteiger partial charge in [0.15, 0.2) is 5.78 Å². The molecule has 1 aromatic carbocycles. The topological polar surface area (TPSA) is 46.2 Å². The maximum atomic E-state index is 12.8. The summed E-state index contributed by atoms with van der Waals surface area (Å²) in [7, 11) is 0. The first kappa shape index (κ1) is 18.9. The van der Waals surface area contributed by atoms with Crippen LogP contribution in [0.5, 0.6) is 0 Å². The van der Waals surface area contributed by atoms with Crippen molar-refractivity contribution in [1.29, 1.82) is 0 Å². The van der Waals surface area contributed by atoms with Crippen molar-refractivity contribution in [2.24, 2.45) is 5.41 Å². The fourth-order valence-electron chi connectivity index (χ4n) is 1.79. The van der Waals surface area contributed by atoms with Crippen LogP contribution in [-0.2, 0) is 4.79 Å². The first-order chi connectivity index (χ1) is 10.7. The maximum Gasteiger partial charge on any atom is 0.229 e. The molecule has 0 heterocycles. The van der Waals surface area contributed by atoms with E-state index >= 15 is 0 Å². The van der Waals surface area contributed by atoms with Crippen LogP contribution in [0.2, 0.25) is 5.02 Å². The lowest BCUT2D eigenvalue weighted by Crippen LogP contribution is -2.28. The molecule has 4 heteroatoms. The van der Waals surface area contributed by atoms with Gasteiger partial charge in [-0.15, -0.1) is 0 Å². The Bertz CT molecular complexity index is 679. The van der Waals surface area contributed by atoms with Crippen molar-refractivity contribution in [3.8, 4) is 0 Å². The second-order valence-corrected chi connectivity index (χ2v) is 6.52. The molecule has 0 aliphatic carbocycles. The van der Waals surface area contributed by atoms with E-state index in [1.54, 1.807) is 42.5 Å². The zero-order valence-corrected chi connectivity index (χ0v) is 14.7. The third-order valence-corrected chi connectivity index (χ3v) is 3.30. The van der Waals surface area contributed by atoms with Gasteiger partial charge in [-0.2, -0.15) is 0 Å². The smallest absolute Gasteiger partial charge is 0.229 e. The first-order valence-corrected chi connectivity index (χ1v) is 7.69. The van der Waals surface area contributed by atoms with Crippen LogP contribution in [0.15, 0.2) is 54.7 Å². The summed E-state index contributed by atoms with van der Waals surface area (Å²) in [5, 5.41) is 3.23. The van der Waals surface area contributed by atoms with Crippen molar-refractivity contribution < 1.29 is 9.59 Å². The van der Waals surface area contributed by atoms with Crippen LogP contribution in [-0.4, -0.2) is 11.7 Å². The number of nitrogens with one attached hydrogen (secondary N) is 1. The van der Waals surface area contributed by atoms with Crippen molar-refractivity contribution in [1.82, 2.24) is 0 Å². The normalized spacial score (nSPS) is 12.3. The highest BCUT2D eigenvalue weighted by molar-refractivity contribution is 6.31. The number of halogens is 1. The van der Waals surface area contributed by atoms with Crippen molar-refractivity contribution in [2.45, 2.75) is 27.7 Å². The molecule has 0 bridgehead atoms. The molecule has 0 aromatic heterocycles. The highest BCUT2D eigenvalue weighted by atomic mass is 35.5. The molecule has 0 aliphatic heterocycles. The van der Waals surface area contributed by atoms with Crippen molar-refractivity contribution >= 4 is 29.0 Å². The lowest BCUT2D eigenvalue weighted by Gasteiger charge is -2.19. The number of carbonyl (C=O) groups excluding carboxylic acids is 2. The number of rotatable bonds is 5. The molecule has 1 amide bonds. The van der Waals surface area contributed by atoms with Gasteiger partial charge >= 0.3 is 0 Å². The highest BCUT2D eigenvalue weighted by Crippen LogP contribution is 2.26. The molecule has 0 saturated heterocycles. The Morgan fingerprint density at radius 1 is 1.26 bits per heavy atom. The first-order valence-electron chi connectivity index (χ1n) is 7.31. The van der Waals surface area contributed by atoms with Gasteiger partial charge in [-0.1, -0.05) is 63.3 Å². The molecule has 1 N–H and O–H groups in total. The Morgan fingerprint density at radius 2 is 1.91 bits per heavy atom. The van der Waals surface area contributed by atoms with Crippen LogP contribution in [0.4, 0.5) is 5.69 Å². The van der Waals surface area contributed by atoms with Crippen LogP contribution in [0.3, 0.4) is 0 Å². The predicted molar refractivity (Wildman–Crippen MR) is 97.0 cm³/mol. The van der Waals surface area contributed by atoms with E-state index < -0.39 is 5.41 Å². The molecule has 23 heavy (non-hydrogen) atoms. The summed E-state index contributed by atoms with van der Waals surface area (Å²) >= 11 is 6.02. The van der Waals surface area contributed by atoms with Crippen molar-refractivity contribution in [3.05, 3.63) is 65.2 Å². The fraction of sp³-hybridized carbons (Fsp3) is 0.263. The Hall–Kier alpha value is -2.13. The van der Waals surface area contributed by atoms with Crippen molar-refractivity contribution in [2.75, 3.05) is 5.32 Å². The van der Waals surface area contributed by atoms with E-state index in [9.17, 15) is 9.59 Å². The highest BCUT2D eigenvalue weighted by Gasteiger charge is 2.23. The Kier molecular flexibility index (Phi) is 6.52. The van der Waals surface area contributed by atoms with Gasteiger partial charge in [-0.3, -0.25) is 9.59 Å². The molecule has 0 unspecified atom stereocenters. The minimum atomic E-state index is -0.566. The minimum Gasteiger partial charge on any atom is -0.325 e. The number of hydrogen-bond donors (Lipinski definition) is 1. The number of anilines is 1. The zero-order chi connectivity index (χ0) is 17.6. The number of Topliss-reactive ketones (excluding diaryl/α,β-unsaturated/α-hetero) is 1. The van der Waals surface area contributed by atoms with Gasteiger partial charge < -0.3 is 5.32 Å².